The SMILES string of the molecule is O=C1CC[C@@H]2c3c(ccc(O)c31)-c1ccc(O)c3c1[C@]2(O)[C@H](O)CC3=O. The summed E-state index contributed by atoms with van der Waals surface area (Å²) in [6.07, 6.45) is -1.25. The van der Waals surface area contributed by atoms with Gasteiger partial charge in [0.2, 0.25) is 0 Å². The number of ketones is 2. The summed E-state index contributed by atoms with van der Waals surface area (Å²) < 4.78 is 0. The predicted octanol–water partition coefficient (Wildman–Crippen LogP) is 1.97. The summed E-state index contributed by atoms with van der Waals surface area (Å²) >= 11 is 0. The van der Waals surface area contributed by atoms with Crippen molar-refractivity contribution in [1.82, 2.24) is 0 Å². The average Bonchev–Trinajstić information content (AvgIpc) is 2.60. The van der Waals surface area contributed by atoms with E-state index in [2.05, 4.69) is 0 Å². The maximum absolute atomic E-state index is 12.5. The van der Waals surface area contributed by atoms with Crippen molar-refractivity contribution in [2.24, 2.45) is 0 Å². The van der Waals surface area contributed by atoms with E-state index in [-0.39, 0.29) is 46.8 Å². The van der Waals surface area contributed by atoms with Crippen LogP contribution in [0.1, 0.15) is 57.0 Å². The maximum Gasteiger partial charge on any atom is 0.169 e. The Bertz CT molecular complexity index is 1020. The van der Waals surface area contributed by atoms with Crippen LogP contribution in [0.25, 0.3) is 11.1 Å². The lowest BCUT2D eigenvalue weighted by Gasteiger charge is -2.49. The Balaban J connectivity index is 1.98. The molecule has 0 heterocycles. The zero-order valence-corrected chi connectivity index (χ0v) is 13.7. The van der Waals surface area contributed by atoms with Gasteiger partial charge in [0.15, 0.2) is 11.6 Å². The van der Waals surface area contributed by atoms with E-state index in [9.17, 15) is 30.0 Å². The number of carbonyl (C=O) groups excluding carboxylic acids is 2. The molecule has 0 radical (unpaired) electrons. The monoisotopic (exact) mass is 352 g/mol. The molecule has 0 unspecified atom stereocenters. The smallest absolute Gasteiger partial charge is 0.169 e. The molecule has 2 aromatic carbocycles. The molecule has 0 bridgehead atoms. The first kappa shape index (κ1) is 15.5. The fourth-order valence-electron chi connectivity index (χ4n) is 5.00. The molecule has 132 valence electrons. The molecular formula is C20H16O6. The summed E-state index contributed by atoms with van der Waals surface area (Å²) in [6, 6.07) is 6.04. The van der Waals surface area contributed by atoms with Crippen molar-refractivity contribution in [2.45, 2.75) is 36.9 Å². The Morgan fingerprint density at radius 1 is 0.923 bits per heavy atom. The minimum absolute atomic E-state index is 0.0347. The van der Waals surface area contributed by atoms with Crippen LogP contribution in [0.2, 0.25) is 0 Å². The first-order valence-electron chi connectivity index (χ1n) is 8.55. The zero-order valence-electron chi connectivity index (χ0n) is 13.7. The van der Waals surface area contributed by atoms with Gasteiger partial charge in [0.25, 0.3) is 0 Å². The van der Waals surface area contributed by atoms with E-state index >= 15 is 0 Å². The Labute approximate surface area is 148 Å². The first-order chi connectivity index (χ1) is 12.4. The molecule has 6 heteroatoms. The Kier molecular flexibility index (Phi) is 2.82. The van der Waals surface area contributed by atoms with Crippen molar-refractivity contribution in [3.63, 3.8) is 0 Å². The van der Waals surface area contributed by atoms with Gasteiger partial charge in [-0.05, 0) is 35.2 Å². The molecule has 0 saturated carbocycles. The largest absolute Gasteiger partial charge is 0.507 e. The van der Waals surface area contributed by atoms with Crippen LogP contribution in [0, 0.1) is 0 Å². The molecule has 0 aromatic heterocycles. The number of rotatable bonds is 0. The molecule has 3 aliphatic rings. The fourth-order valence-corrected chi connectivity index (χ4v) is 5.00. The van der Waals surface area contributed by atoms with Crippen molar-refractivity contribution in [3.8, 4) is 22.6 Å². The highest BCUT2D eigenvalue weighted by atomic mass is 16.3. The predicted molar refractivity (Wildman–Crippen MR) is 90.4 cm³/mol. The van der Waals surface area contributed by atoms with Crippen molar-refractivity contribution in [3.05, 3.63) is 46.5 Å². The molecule has 5 rings (SSSR count). The number of phenols is 2. The molecule has 6 nitrogen and oxygen atoms in total. The average molecular weight is 352 g/mol. The van der Waals surface area contributed by atoms with Crippen LogP contribution in [-0.4, -0.2) is 38.1 Å². The van der Waals surface area contributed by atoms with E-state index in [4.69, 9.17) is 0 Å². The third kappa shape index (κ3) is 1.59. The van der Waals surface area contributed by atoms with E-state index in [1.807, 2.05) is 0 Å². The van der Waals surface area contributed by atoms with Crippen molar-refractivity contribution < 1.29 is 30.0 Å². The molecule has 3 atom stereocenters. The summed E-state index contributed by atoms with van der Waals surface area (Å²) in [5.74, 6) is -1.65. The van der Waals surface area contributed by atoms with Gasteiger partial charge in [0.1, 0.15) is 17.1 Å². The number of hydrogen-bond donors (Lipinski definition) is 4. The van der Waals surface area contributed by atoms with Gasteiger partial charge < -0.3 is 20.4 Å². The third-order valence-corrected chi connectivity index (χ3v) is 6.08. The summed E-state index contributed by atoms with van der Waals surface area (Å²) in [7, 11) is 0. The van der Waals surface area contributed by atoms with Crippen LogP contribution in [0.4, 0.5) is 0 Å². The number of aliphatic hydroxyl groups excluding tert-OH is 1. The van der Waals surface area contributed by atoms with Gasteiger partial charge in [0, 0.05) is 24.3 Å². The summed E-state index contributed by atoms with van der Waals surface area (Å²) in [5.41, 5.74) is 0.288. The lowest BCUT2D eigenvalue weighted by molar-refractivity contribution is -0.106. The maximum atomic E-state index is 12.5. The van der Waals surface area contributed by atoms with Crippen molar-refractivity contribution in [1.29, 1.82) is 0 Å². The van der Waals surface area contributed by atoms with E-state index < -0.39 is 23.4 Å². The van der Waals surface area contributed by atoms with Gasteiger partial charge >= 0.3 is 0 Å². The highest BCUT2D eigenvalue weighted by Gasteiger charge is 2.57. The lowest BCUT2D eigenvalue weighted by atomic mass is 9.57. The van der Waals surface area contributed by atoms with Crippen LogP contribution in [0.5, 0.6) is 11.5 Å². The minimum atomic E-state index is -1.80. The number of carbonyl (C=O) groups is 2. The number of aromatic hydroxyl groups is 2. The molecule has 4 N–H and O–H groups in total. The molecule has 2 aromatic rings. The highest BCUT2D eigenvalue weighted by molar-refractivity contribution is 6.07. The number of benzene rings is 2. The summed E-state index contributed by atoms with van der Waals surface area (Å²) in [6.45, 7) is 0. The molecule has 26 heavy (non-hydrogen) atoms. The topological polar surface area (TPSA) is 115 Å². The van der Waals surface area contributed by atoms with Crippen LogP contribution >= 0.6 is 0 Å². The van der Waals surface area contributed by atoms with Gasteiger partial charge in [-0.2, -0.15) is 0 Å². The number of aliphatic hydroxyl groups is 2. The van der Waals surface area contributed by atoms with E-state index in [0.717, 1.165) is 0 Å². The zero-order chi connectivity index (χ0) is 18.4. The van der Waals surface area contributed by atoms with E-state index in [1.54, 1.807) is 12.1 Å². The van der Waals surface area contributed by atoms with Crippen molar-refractivity contribution >= 4 is 11.6 Å². The van der Waals surface area contributed by atoms with Crippen molar-refractivity contribution in [2.75, 3.05) is 0 Å². The molecule has 0 amide bonds. The molecule has 0 aliphatic heterocycles. The van der Waals surface area contributed by atoms with E-state index in [0.29, 0.717) is 23.1 Å². The van der Waals surface area contributed by atoms with Crippen LogP contribution < -0.4 is 0 Å². The number of phenolic OH excluding ortho intramolecular Hbond substituents is 2. The molecule has 0 spiro atoms. The molecular weight excluding hydrogens is 336 g/mol. The number of fused-ring (bicyclic) bond motifs is 2. The van der Waals surface area contributed by atoms with Gasteiger partial charge in [0.05, 0.1) is 17.2 Å². The number of Topliss-reactive ketones (excluding diaryl/α,β-unsaturated/α-hetero) is 2. The normalized spacial score (nSPS) is 28.5. The molecule has 3 aliphatic carbocycles. The lowest BCUT2D eigenvalue weighted by Crippen LogP contribution is -2.52. The quantitative estimate of drug-likeness (QED) is 0.576. The van der Waals surface area contributed by atoms with Gasteiger partial charge in [-0.15, -0.1) is 0 Å². The molecule has 0 saturated heterocycles. The minimum Gasteiger partial charge on any atom is -0.507 e. The summed E-state index contributed by atoms with van der Waals surface area (Å²) in [4.78, 5) is 24.9. The second-order valence-corrected chi connectivity index (χ2v) is 7.29. The van der Waals surface area contributed by atoms with Crippen LogP contribution in [-0.2, 0) is 5.60 Å². The second kappa shape index (κ2) is 4.72. The number of hydrogen-bond acceptors (Lipinski definition) is 6. The third-order valence-electron chi connectivity index (χ3n) is 6.08. The Morgan fingerprint density at radius 3 is 2.31 bits per heavy atom. The molecule has 0 fully saturated rings. The summed E-state index contributed by atoms with van der Waals surface area (Å²) in [5, 5.41) is 42.8. The van der Waals surface area contributed by atoms with Crippen LogP contribution in [0.3, 0.4) is 0 Å². The van der Waals surface area contributed by atoms with E-state index in [1.165, 1.54) is 12.1 Å². The Morgan fingerprint density at radius 2 is 1.58 bits per heavy atom. The van der Waals surface area contributed by atoms with Gasteiger partial charge in [-0.3, -0.25) is 9.59 Å². The van der Waals surface area contributed by atoms with Gasteiger partial charge in [-0.25, -0.2) is 0 Å². The standard InChI is InChI=1S/C20H16O6/c21-11-4-1-8-9-2-5-13(23)18-14(24)7-15(25)20(26,19(9)18)10-3-6-12(22)17(11)16(8)10/h1-2,4-5,10,15,21,23,25-26H,3,6-7H2/t10-,15-,20-/m1/s1. The first-order valence-corrected chi connectivity index (χ1v) is 8.55. The van der Waals surface area contributed by atoms with Crippen LogP contribution in [0.15, 0.2) is 24.3 Å². The fraction of sp³-hybridized carbons (Fsp3) is 0.300. The highest BCUT2D eigenvalue weighted by Crippen LogP contribution is 2.60. The van der Waals surface area contributed by atoms with Gasteiger partial charge in [-0.1, -0.05) is 12.1 Å². The second-order valence-electron chi connectivity index (χ2n) is 7.29. The Hall–Kier alpha value is -2.70.